The molecule has 0 saturated carbocycles. The zero-order chi connectivity index (χ0) is 24.1. The number of H-pyrrole nitrogens is 1. The van der Waals surface area contributed by atoms with Crippen LogP contribution in [0.25, 0.3) is 22.5 Å². The maximum absolute atomic E-state index is 14.9. The number of aromatic nitrogens is 4. The maximum Gasteiger partial charge on any atom is 0.252 e. The summed E-state index contributed by atoms with van der Waals surface area (Å²) in [5.41, 5.74) is 1.39. The number of nitrogens with one attached hydrogen (secondary N) is 2. The van der Waals surface area contributed by atoms with Crippen LogP contribution in [0.1, 0.15) is 10.4 Å². The first-order chi connectivity index (χ1) is 16.5. The van der Waals surface area contributed by atoms with Gasteiger partial charge < -0.3 is 10.1 Å². The van der Waals surface area contributed by atoms with Crippen LogP contribution in [0.5, 0.6) is 0 Å². The molecule has 2 aromatic carbocycles. The average Bonchev–Trinajstić information content (AvgIpc) is 3.52. The molecule has 0 radical (unpaired) electrons. The van der Waals surface area contributed by atoms with E-state index < -0.39 is 30.5 Å². The van der Waals surface area contributed by atoms with E-state index >= 15 is 0 Å². The maximum atomic E-state index is 14.9. The second kappa shape index (κ2) is 10.3. The van der Waals surface area contributed by atoms with Crippen LogP contribution >= 0.6 is 0 Å². The van der Waals surface area contributed by atoms with Gasteiger partial charge in [-0.2, -0.15) is 10.2 Å². The summed E-state index contributed by atoms with van der Waals surface area (Å²) in [4.78, 5) is 13.2. The largest absolute Gasteiger partial charge is 0.377 e. The van der Waals surface area contributed by atoms with Crippen molar-refractivity contribution in [3.8, 4) is 22.5 Å². The van der Waals surface area contributed by atoms with Gasteiger partial charge in [0.1, 0.15) is 24.4 Å². The van der Waals surface area contributed by atoms with Gasteiger partial charge in [0.15, 0.2) is 0 Å². The number of carbonyl (C=O) groups is 1. The van der Waals surface area contributed by atoms with E-state index in [9.17, 15) is 18.0 Å². The van der Waals surface area contributed by atoms with Crippen molar-refractivity contribution >= 4 is 5.91 Å². The number of amides is 1. The van der Waals surface area contributed by atoms with Gasteiger partial charge in [-0.05, 0) is 48.5 Å². The van der Waals surface area contributed by atoms with E-state index in [0.29, 0.717) is 11.3 Å². The van der Waals surface area contributed by atoms with Crippen molar-refractivity contribution in [2.24, 2.45) is 0 Å². The average molecular weight is 469 g/mol. The summed E-state index contributed by atoms with van der Waals surface area (Å²) in [7, 11) is 1.35. The lowest BCUT2D eigenvalue weighted by molar-refractivity contribution is 0.0393. The molecule has 4 aromatic rings. The second-order valence-electron chi connectivity index (χ2n) is 7.57. The molecule has 0 aliphatic heterocycles. The Balaban J connectivity index is 1.64. The van der Waals surface area contributed by atoms with Crippen LogP contribution in [-0.2, 0) is 11.3 Å². The van der Waals surface area contributed by atoms with E-state index in [1.165, 1.54) is 37.4 Å². The molecule has 4 rings (SSSR count). The first-order valence-corrected chi connectivity index (χ1v) is 10.5. The number of methoxy groups -OCH3 is 1. The minimum atomic E-state index is -0.928. The lowest BCUT2D eigenvalue weighted by Gasteiger charge is -2.25. The fourth-order valence-corrected chi connectivity index (χ4v) is 3.65. The highest BCUT2D eigenvalue weighted by Crippen LogP contribution is 2.29. The van der Waals surface area contributed by atoms with E-state index in [1.54, 1.807) is 41.3 Å². The van der Waals surface area contributed by atoms with Crippen LogP contribution in [0.4, 0.5) is 13.2 Å². The highest BCUT2D eigenvalue weighted by atomic mass is 19.1. The van der Waals surface area contributed by atoms with E-state index in [-0.39, 0.29) is 29.2 Å². The van der Waals surface area contributed by atoms with Crippen LogP contribution in [0, 0.1) is 11.6 Å². The third-order valence-electron chi connectivity index (χ3n) is 5.41. The highest BCUT2D eigenvalue weighted by molar-refractivity contribution is 6.01. The van der Waals surface area contributed by atoms with Crippen LogP contribution in [0.2, 0.25) is 0 Å². The van der Waals surface area contributed by atoms with Crippen molar-refractivity contribution in [1.29, 1.82) is 0 Å². The lowest BCUT2D eigenvalue weighted by atomic mass is 10.0. The number of ether oxygens (including phenoxy) is 1. The molecule has 7 nitrogen and oxygen atoms in total. The predicted octanol–water partition coefficient (Wildman–Crippen LogP) is 4.00. The van der Waals surface area contributed by atoms with Crippen molar-refractivity contribution in [3.63, 3.8) is 0 Å². The SMILES string of the molecule is CO[C@H](CF)[C@@H](Cn1cccn1)NC(=O)c1cccc(F)c1-c1cc(-c2ccc(F)cc2)n[nH]1. The van der Waals surface area contributed by atoms with Crippen LogP contribution in [-0.4, -0.2) is 51.8 Å². The number of alkyl halides is 1. The number of benzene rings is 2. The fourth-order valence-electron chi connectivity index (χ4n) is 3.65. The zero-order valence-corrected chi connectivity index (χ0v) is 18.2. The third-order valence-corrected chi connectivity index (χ3v) is 5.41. The molecular weight excluding hydrogens is 447 g/mol. The standard InChI is InChI=1S/C24H22F3N5O2/c1-34-22(13-25)21(14-32-11-3-10-28-32)29-24(33)17-4-2-5-18(27)23(17)20-12-19(30-31-20)15-6-8-16(26)9-7-15/h2-12,21-22H,13-14H2,1H3,(H,29,33)(H,30,31)/t21-,22-/m1/s1. The molecule has 0 spiro atoms. The number of rotatable bonds is 9. The smallest absolute Gasteiger partial charge is 0.252 e. The Hall–Kier alpha value is -3.92. The summed E-state index contributed by atoms with van der Waals surface area (Å²) in [5.74, 6) is -1.64. The van der Waals surface area contributed by atoms with E-state index in [0.717, 1.165) is 0 Å². The van der Waals surface area contributed by atoms with Crippen LogP contribution < -0.4 is 5.32 Å². The minimum Gasteiger partial charge on any atom is -0.377 e. The number of carbonyl (C=O) groups excluding carboxylic acids is 1. The molecular formula is C24H22F3N5O2. The Morgan fingerprint density at radius 2 is 1.97 bits per heavy atom. The van der Waals surface area contributed by atoms with Gasteiger partial charge in [-0.15, -0.1) is 0 Å². The van der Waals surface area contributed by atoms with Crippen LogP contribution in [0.15, 0.2) is 67.0 Å². The Kier molecular flexibility index (Phi) is 7.07. The molecule has 176 valence electrons. The van der Waals surface area contributed by atoms with Crippen molar-refractivity contribution < 1.29 is 22.7 Å². The number of hydrogen-bond acceptors (Lipinski definition) is 4. The van der Waals surface area contributed by atoms with Crippen LogP contribution in [0.3, 0.4) is 0 Å². The number of halogens is 3. The molecule has 2 N–H and O–H groups in total. The van der Waals surface area contributed by atoms with Gasteiger partial charge >= 0.3 is 0 Å². The van der Waals surface area contributed by atoms with Gasteiger partial charge in [-0.1, -0.05) is 6.07 Å². The van der Waals surface area contributed by atoms with Gasteiger partial charge in [0.2, 0.25) is 0 Å². The van der Waals surface area contributed by atoms with Crippen molar-refractivity contribution in [2.45, 2.75) is 18.7 Å². The van der Waals surface area contributed by atoms with Gasteiger partial charge in [0, 0.05) is 30.6 Å². The van der Waals surface area contributed by atoms with Crippen molar-refractivity contribution in [2.75, 3.05) is 13.8 Å². The molecule has 10 heteroatoms. The van der Waals surface area contributed by atoms with E-state index in [2.05, 4.69) is 20.6 Å². The first-order valence-electron chi connectivity index (χ1n) is 10.5. The summed E-state index contributed by atoms with van der Waals surface area (Å²) in [6.45, 7) is -0.676. The number of hydrogen-bond donors (Lipinski definition) is 2. The van der Waals surface area contributed by atoms with E-state index in [4.69, 9.17) is 4.74 Å². The molecule has 2 atom stereocenters. The number of nitrogens with zero attached hydrogens (tertiary/aromatic N) is 3. The van der Waals surface area contributed by atoms with Gasteiger partial charge in [-0.25, -0.2) is 13.2 Å². The summed E-state index contributed by atoms with van der Waals surface area (Å²) in [5, 5.41) is 13.8. The van der Waals surface area contributed by atoms with Gasteiger partial charge in [0.25, 0.3) is 5.91 Å². The minimum absolute atomic E-state index is 0.00733. The molecule has 2 heterocycles. The summed E-state index contributed by atoms with van der Waals surface area (Å²) < 4.78 is 48.5. The fraction of sp³-hybridized carbons (Fsp3) is 0.208. The van der Waals surface area contributed by atoms with Gasteiger partial charge in [0.05, 0.1) is 29.5 Å². The Labute approximate surface area is 193 Å². The predicted molar refractivity (Wildman–Crippen MR) is 120 cm³/mol. The molecule has 0 aliphatic rings. The second-order valence-corrected chi connectivity index (χ2v) is 7.57. The number of aromatic amines is 1. The van der Waals surface area contributed by atoms with E-state index in [1.807, 2.05) is 0 Å². The molecule has 0 saturated heterocycles. The van der Waals surface area contributed by atoms with Crippen molar-refractivity contribution in [3.05, 3.63) is 84.2 Å². The summed E-state index contributed by atoms with van der Waals surface area (Å²) in [6.07, 6.45) is 2.32. The Morgan fingerprint density at radius 3 is 2.65 bits per heavy atom. The normalized spacial score (nSPS) is 12.9. The zero-order valence-electron chi connectivity index (χ0n) is 18.2. The molecule has 2 aromatic heterocycles. The third kappa shape index (κ3) is 5.01. The first kappa shape index (κ1) is 23.2. The van der Waals surface area contributed by atoms with Crippen molar-refractivity contribution in [1.82, 2.24) is 25.3 Å². The summed E-state index contributed by atoms with van der Waals surface area (Å²) in [6, 6.07) is 12.3. The molecule has 0 aliphatic carbocycles. The topological polar surface area (TPSA) is 84.8 Å². The van der Waals surface area contributed by atoms with Gasteiger partial charge in [-0.3, -0.25) is 14.6 Å². The molecule has 0 fully saturated rings. The molecule has 0 bridgehead atoms. The monoisotopic (exact) mass is 469 g/mol. The Morgan fingerprint density at radius 1 is 1.18 bits per heavy atom. The highest BCUT2D eigenvalue weighted by Gasteiger charge is 2.27. The molecule has 34 heavy (non-hydrogen) atoms. The lowest BCUT2D eigenvalue weighted by Crippen LogP contribution is -2.48. The molecule has 1 amide bonds. The summed E-state index contributed by atoms with van der Waals surface area (Å²) >= 11 is 0. The molecule has 0 unspecified atom stereocenters. The quantitative estimate of drug-likeness (QED) is 0.388. The Bertz CT molecular complexity index is 1240.